The maximum absolute atomic E-state index is 6.01. The molecule has 0 bridgehead atoms. The molecule has 0 aliphatic heterocycles. The number of nitrogens with one attached hydrogen (secondary N) is 1. The Hall–Kier alpha value is -2.39. The fourth-order valence-corrected chi connectivity index (χ4v) is 2.68. The highest BCUT2D eigenvalue weighted by Crippen LogP contribution is 2.29. The summed E-state index contributed by atoms with van der Waals surface area (Å²) in [7, 11) is 0. The first kappa shape index (κ1) is 14.5. The Labute approximate surface area is 135 Å². The maximum atomic E-state index is 6.01. The van der Waals surface area contributed by atoms with Gasteiger partial charge in [0.15, 0.2) is 11.0 Å². The minimum Gasteiger partial charge on any atom is -0.338 e. The molecule has 0 atom stereocenters. The minimum absolute atomic E-state index is 0.362. The lowest BCUT2D eigenvalue weighted by molar-refractivity contribution is 1.20. The van der Waals surface area contributed by atoms with E-state index in [-0.39, 0.29) is 0 Å². The van der Waals surface area contributed by atoms with E-state index in [9.17, 15) is 0 Å². The Balaban J connectivity index is 1.89. The number of rotatable bonds is 3. The Kier molecular flexibility index (Phi) is 4.07. The Morgan fingerprint density at radius 1 is 0.864 bits per heavy atom. The Morgan fingerprint density at radius 3 is 2.14 bits per heavy atom. The number of nitrogens with zero attached hydrogens (tertiary/aromatic N) is 2. The molecule has 2 aromatic carbocycles. The van der Waals surface area contributed by atoms with Gasteiger partial charge in [0.1, 0.15) is 0 Å². The highest BCUT2D eigenvalue weighted by Gasteiger charge is 2.06. The van der Waals surface area contributed by atoms with Crippen LogP contribution in [0.4, 0.5) is 11.5 Å². The zero-order valence-corrected chi connectivity index (χ0v) is 13.2. The smallest absolute Gasteiger partial charge is 0.171 e. The van der Waals surface area contributed by atoms with E-state index in [4.69, 9.17) is 11.6 Å². The molecule has 0 saturated heterocycles. The van der Waals surface area contributed by atoms with Gasteiger partial charge in [-0.25, -0.2) is 9.97 Å². The van der Waals surface area contributed by atoms with Crippen molar-refractivity contribution in [3.63, 3.8) is 0 Å². The summed E-state index contributed by atoms with van der Waals surface area (Å²) in [5, 5.41) is 3.54. The normalized spacial score (nSPS) is 10.5. The van der Waals surface area contributed by atoms with Crippen LogP contribution in [0.25, 0.3) is 11.1 Å². The van der Waals surface area contributed by atoms with Crippen molar-refractivity contribution in [3.05, 3.63) is 71.1 Å². The van der Waals surface area contributed by atoms with E-state index in [2.05, 4.69) is 59.5 Å². The zero-order valence-electron chi connectivity index (χ0n) is 12.5. The third kappa shape index (κ3) is 2.95. The molecule has 0 aliphatic carbocycles. The summed E-state index contributed by atoms with van der Waals surface area (Å²) in [6, 6.07) is 14.6. The molecule has 1 heterocycles. The van der Waals surface area contributed by atoms with Gasteiger partial charge in [-0.1, -0.05) is 41.9 Å². The summed E-state index contributed by atoms with van der Waals surface area (Å²) in [5.74, 6) is 0.559. The standard InChI is InChI=1S/C18H16ClN3/c1-12-4-3-5-13(2)16(12)14-6-8-15(9-7-14)22-18-17(19)20-10-11-21-18/h3-11H,1-2H3,(H,21,22). The van der Waals surface area contributed by atoms with Crippen LogP contribution in [0.3, 0.4) is 0 Å². The van der Waals surface area contributed by atoms with E-state index >= 15 is 0 Å². The summed E-state index contributed by atoms with van der Waals surface area (Å²) in [5.41, 5.74) is 5.96. The SMILES string of the molecule is Cc1cccc(C)c1-c1ccc(Nc2nccnc2Cl)cc1. The number of benzene rings is 2. The van der Waals surface area contributed by atoms with Crippen molar-refractivity contribution in [2.75, 3.05) is 5.32 Å². The van der Waals surface area contributed by atoms with Crippen LogP contribution < -0.4 is 5.32 Å². The van der Waals surface area contributed by atoms with Crippen LogP contribution in [0, 0.1) is 13.8 Å². The van der Waals surface area contributed by atoms with Gasteiger partial charge in [-0.3, -0.25) is 0 Å². The molecule has 1 aromatic heterocycles. The van der Waals surface area contributed by atoms with Gasteiger partial charge in [-0.2, -0.15) is 0 Å². The predicted molar refractivity (Wildman–Crippen MR) is 91.7 cm³/mol. The van der Waals surface area contributed by atoms with E-state index < -0.39 is 0 Å². The highest BCUT2D eigenvalue weighted by molar-refractivity contribution is 6.31. The van der Waals surface area contributed by atoms with Gasteiger partial charge in [-0.05, 0) is 48.2 Å². The summed E-state index contributed by atoms with van der Waals surface area (Å²) >= 11 is 6.01. The van der Waals surface area contributed by atoms with Gasteiger partial charge in [0.25, 0.3) is 0 Å². The number of aryl methyl sites for hydroxylation is 2. The topological polar surface area (TPSA) is 37.8 Å². The number of anilines is 2. The number of halogens is 1. The van der Waals surface area contributed by atoms with Crippen LogP contribution in [0.1, 0.15) is 11.1 Å². The van der Waals surface area contributed by atoms with Crippen LogP contribution in [0.5, 0.6) is 0 Å². The Bertz CT molecular complexity index is 777. The fraction of sp³-hybridized carbons (Fsp3) is 0.111. The molecule has 0 fully saturated rings. The fourth-order valence-electron chi connectivity index (χ4n) is 2.53. The number of hydrogen-bond donors (Lipinski definition) is 1. The van der Waals surface area contributed by atoms with Gasteiger partial charge in [-0.15, -0.1) is 0 Å². The molecule has 0 spiro atoms. The first-order valence-corrected chi connectivity index (χ1v) is 7.43. The van der Waals surface area contributed by atoms with E-state index in [1.807, 2.05) is 12.1 Å². The first-order valence-electron chi connectivity index (χ1n) is 7.05. The molecule has 0 amide bonds. The zero-order chi connectivity index (χ0) is 15.5. The predicted octanol–water partition coefficient (Wildman–Crippen LogP) is 5.16. The summed E-state index contributed by atoms with van der Waals surface area (Å²) < 4.78 is 0. The third-order valence-electron chi connectivity index (χ3n) is 3.57. The molecular weight excluding hydrogens is 294 g/mol. The second-order valence-electron chi connectivity index (χ2n) is 5.16. The van der Waals surface area contributed by atoms with Crippen LogP contribution in [-0.2, 0) is 0 Å². The number of aromatic nitrogens is 2. The highest BCUT2D eigenvalue weighted by atomic mass is 35.5. The molecule has 0 aliphatic rings. The molecular formula is C18H16ClN3. The van der Waals surface area contributed by atoms with Crippen molar-refractivity contribution in [1.82, 2.24) is 9.97 Å². The number of hydrogen-bond acceptors (Lipinski definition) is 3. The van der Waals surface area contributed by atoms with E-state index in [1.54, 1.807) is 12.4 Å². The molecule has 3 nitrogen and oxygen atoms in total. The lowest BCUT2D eigenvalue weighted by Gasteiger charge is -2.11. The first-order chi connectivity index (χ1) is 10.6. The van der Waals surface area contributed by atoms with Crippen molar-refractivity contribution >= 4 is 23.1 Å². The van der Waals surface area contributed by atoms with Crippen LogP contribution in [0.2, 0.25) is 5.15 Å². The summed E-state index contributed by atoms with van der Waals surface area (Å²) in [6.45, 7) is 4.27. The van der Waals surface area contributed by atoms with Gasteiger partial charge in [0.05, 0.1) is 0 Å². The average molecular weight is 310 g/mol. The molecule has 0 radical (unpaired) electrons. The van der Waals surface area contributed by atoms with Crippen LogP contribution >= 0.6 is 11.6 Å². The average Bonchev–Trinajstić information content (AvgIpc) is 2.51. The molecule has 110 valence electrons. The van der Waals surface area contributed by atoms with E-state index in [0.29, 0.717) is 11.0 Å². The molecule has 4 heteroatoms. The maximum Gasteiger partial charge on any atom is 0.171 e. The van der Waals surface area contributed by atoms with Gasteiger partial charge in [0.2, 0.25) is 0 Å². The second-order valence-corrected chi connectivity index (χ2v) is 5.52. The summed E-state index contributed by atoms with van der Waals surface area (Å²) in [4.78, 5) is 8.18. The molecule has 1 N–H and O–H groups in total. The Morgan fingerprint density at radius 2 is 1.50 bits per heavy atom. The third-order valence-corrected chi connectivity index (χ3v) is 3.85. The second kappa shape index (κ2) is 6.16. The lowest BCUT2D eigenvalue weighted by Crippen LogP contribution is -1.95. The van der Waals surface area contributed by atoms with Gasteiger partial charge >= 0.3 is 0 Å². The van der Waals surface area contributed by atoms with E-state index in [0.717, 1.165) is 5.69 Å². The van der Waals surface area contributed by atoms with Crippen molar-refractivity contribution < 1.29 is 0 Å². The molecule has 3 aromatic rings. The van der Waals surface area contributed by atoms with Gasteiger partial charge < -0.3 is 5.32 Å². The molecule has 0 unspecified atom stereocenters. The van der Waals surface area contributed by atoms with Crippen LogP contribution in [0.15, 0.2) is 54.9 Å². The quantitative estimate of drug-likeness (QED) is 0.726. The van der Waals surface area contributed by atoms with E-state index in [1.165, 1.54) is 22.3 Å². The van der Waals surface area contributed by atoms with Crippen molar-refractivity contribution in [1.29, 1.82) is 0 Å². The van der Waals surface area contributed by atoms with Crippen molar-refractivity contribution in [2.24, 2.45) is 0 Å². The van der Waals surface area contributed by atoms with Crippen LogP contribution in [-0.4, -0.2) is 9.97 Å². The lowest BCUT2D eigenvalue weighted by atomic mass is 9.96. The molecule has 0 saturated carbocycles. The van der Waals surface area contributed by atoms with Crippen molar-refractivity contribution in [3.8, 4) is 11.1 Å². The van der Waals surface area contributed by atoms with Gasteiger partial charge in [0, 0.05) is 18.1 Å². The van der Waals surface area contributed by atoms with Crippen molar-refractivity contribution in [2.45, 2.75) is 13.8 Å². The molecule has 22 heavy (non-hydrogen) atoms. The minimum atomic E-state index is 0.362. The monoisotopic (exact) mass is 309 g/mol. The largest absolute Gasteiger partial charge is 0.338 e. The summed E-state index contributed by atoms with van der Waals surface area (Å²) in [6.07, 6.45) is 3.18. The molecule has 3 rings (SSSR count).